The van der Waals surface area contributed by atoms with Gasteiger partial charge in [-0.05, 0) is 0 Å². The quantitative estimate of drug-likeness (QED) is 0.615. The molecular weight excluding hydrogens is 249 g/mol. The summed E-state index contributed by atoms with van der Waals surface area (Å²) in [6, 6.07) is 0.726. The van der Waals surface area contributed by atoms with Gasteiger partial charge in [-0.25, -0.2) is 13.8 Å². The van der Waals surface area contributed by atoms with Crippen LogP contribution >= 0.6 is 0 Å². The molecule has 8 heteroatoms. The Morgan fingerprint density at radius 1 is 1.41 bits per heavy atom. The number of hydrogen-bond acceptors (Lipinski definition) is 3. The van der Waals surface area contributed by atoms with E-state index >= 15 is 0 Å². The van der Waals surface area contributed by atoms with Gasteiger partial charge in [-0.15, -0.1) is 0 Å². The van der Waals surface area contributed by atoms with Crippen molar-refractivity contribution in [2.24, 2.45) is 0 Å². The fourth-order valence-corrected chi connectivity index (χ4v) is 1.21. The Labute approximate surface area is 92.2 Å². The molecule has 0 atom stereocenters. The topological polar surface area (TPSA) is 39.2 Å². The second-order valence-corrected chi connectivity index (χ2v) is 2.93. The summed E-state index contributed by atoms with van der Waals surface area (Å²) in [5, 5.41) is 0. The van der Waals surface area contributed by atoms with Crippen LogP contribution in [-0.4, -0.2) is 18.4 Å². The summed E-state index contributed by atoms with van der Waals surface area (Å²) in [5.41, 5.74) is -3.81. The molecule has 0 spiro atoms. The highest BCUT2D eigenvalue weighted by atomic mass is 19.4. The number of halogens is 5. The highest BCUT2D eigenvalue weighted by Gasteiger charge is 2.40. The third-order valence-electron chi connectivity index (χ3n) is 1.87. The molecule has 1 heterocycles. The number of aromatic nitrogens is 1. The SMILES string of the molecule is COc1cc(C=O)nc(C(F)(F)F)c1C(F)F. The van der Waals surface area contributed by atoms with E-state index < -0.39 is 35.3 Å². The molecule has 17 heavy (non-hydrogen) atoms. The Balaban J connectivity index is 3.58. The average molecular weight is 255 g/mol. The number of ether oxygens (including phenoxy) is 1. The molecule has 0 saturated heterocycles. The van der Waals surface area contributed by atoms with E-state index in [1.165, 1.54) is 0 Å². The van der Waals surface area contributed by atoms with Gasteiger partial charge < -0.3 is 4.74 Å². The van der Waals surface area contributed by atoms with Gasteiger partial charge in [-0.2, -0.15) is 13.2 Å². The van der Waals surface area contributed by atoms with Crippen molar-refractivity contribution >= 4 is 6.29 Å². The minimum Gasteiger partial charge on any atom is -0.496 e. The van der Waals surface area contributed by atoms with Crippen molar-refractivity contribution in [2.75, 3.05) is 7.11 Å². The second-order valence-electron chi connectivity index (χ2n) is 2.93. The van der Waals surface area contributed by atoms with Gasteiger partial charge in [0.15, 0.2) is 12.0 Å². The summed E-state index contributed by atoms with van der Waals surface area (Å²) in [5.74, 6) is -0.718. The van der Waals surface area contributed by atoms with Crippen molar-refractivity contribution < 1.29 is 31.5 Å². The van der Waals surface area contributed by atoms with E-state index in [-0.39, 0.29) is 6.29 Å². The summed E-state index contributed by atoms with van der Waals surface area (Å²) in [4.78, 5) is 13.2. The maximum Gasteiger partial charge on any atom is 0.433 e. The number of aldehydes is 1. The Hall–Kier alpha value is -1.73. The molecule has 3 nitrogen and oxygen atoms in total. The van der Waals surface area contributed by atoms with Gasteiger partial charge in [0.25, 0.3) is 6.43 Å². The fraction of sp³-hybridized carbons (Fsp3) is 0.333. The molecule has 0 amide bonds. The second kappa shape index (κ2) is 4.64. The summed E-state index contributed by atoms with van der Waals surface area (Å²) in [7, 11) is 0.927. The summed E-state index contributed by atoms with van der Waals surface area (Å²) >= 11 is 0. The number of carbonyl (C=O) groups is 1. The van der Waals surface area contributed by atoms with Gasteiger partial charge in [0.05, 0.1) is 12.7 Å². The van der Waals surface area contributed by atoms with Crippen LogP contribution in [0.2, 0.25) is 0 Å². The van der Waals surface area contributed by atoms with Gasteiger partial charge in [0.2, 0.25) is 0 Å². The van der Waals surface area contributed by atoms with E-state index in [2.05, 4.69) is 9.72 Å². The van der Waals surface area contributed by atoms with Gasteiger partial charge >= 0.3 is 6.18 Å². The van der Waals surface area contributed by atoms with Crippen LogP contribution in [0.4, 0.5) is 22.0 Å². The molecule has 1 rings (SSSR count). The first-order valence-electron chi connectivity index (χ1n) is 4.20. The van der Waals surface area contributed by atoms with Crippen LogP contribution in [0.15, 0.2) is 6.07 Å². The lowest BCUT2D eigenvalue weighted by Crippen LogP contribution is -2.15. The minimum absolute atomic E-state index is 0.0208. The number of hydrogen-bond donors (Lipinski definition) is 0. The number of pyridine rings is 1. The van der Waals surface area contributed by atoms with Crippen LogP contribution < -0.4 is 4.74 Å². The van der Waals surface area contributed by atoms with Crippen LogP contribution in [0, 0.1) is 0 Å². The molecule has 0 aliphatic heterocycles. The van der Waals surface area contributed by atoms with Crippen molar-refractivity contribution in [1.29, 1.82) is 0 Å². The molecule has 0 aromatic carbocycles. The Morgan fingerprint density at radius 2 is 2.00 bits per heavy atom. The van der Waals surface area contributed by atoms with Crippen LogP contribution in [0.1, 0.15) is 28.2 Å². The minimum atomic E-state index is -5.09. The predicted octanol–water partition coefficient (Wildman–Crippen LogP) is 2.86. The first kappa shape index (κ1) is 13.3. The average Bonchev–Trinajstić information content (AvgIpc) is 2.25. The first-order valence-corrected chi connectivity index (χ1v) is 4.20. The molecule has 1 aromatic rings. The standard InChI is InChI=1S/C9H6F5NO2/c1-17-5-2-4(3-16)15-7(9(12,13)14)6(5)8(10)11/h2-3,8H,1H3. The number of rotatable bonds is 3. The Bertz CT molecular complexity index is 430. The van der Waals surface area contributed by atoms with Gasteiger partial charge in [-0.3, -0.25) is 4.79 Å². The fourth-order valence-electron chi connectivity index (χ4n) is 1.21. The number of carbonyl (C=O) groups excluding carboxylic acids is 1. The molecule has 0 aliphatic carbocycles. The lowest BCUT2D eigenvalue weighted by Gasteiger charge is -2.15. The largest absolute Gasteiger partial charge is 0.496 e. The number of nitrogens with zero attached hydrogens (tertiary/aromatic N) is 1. The monoisotopic (exact) mass is 255 g/mol. The molecule has 94 valence electrons. The van der Waals surface area contributed by atoms with Crippen LogP contribution in [0.3, 0.4) is 0 Å². The van der Waals surface area contributed by atoms with Crippen molar-refractivity contribution in [1.82, 2.24) is 4.98 Å². The van der Waals surface area contributed by atoms with Gasteiger partial charge in [-0.1, -0.05) is 0 Å². The van der Waals surface area contributed by atoms with Crippen LogP contribution in [0.25, 0.3) is 0 Å². The van der Waals surface area contributed by atoms with Crippen molar-refractivity contribution in [2.45, 2.75) is 12.6 Å². The van der Waals surface area contributed by atoms with E-state index in [4.69, 9.17) is 0 Å². The first-order chi connectivity index (χ1) is 7.81. The van der Waals surface area contributed by atoms with E-state index in [9.17, 15) is 26.7 Å². The van der Waals surface area contributed by atoms with Crippen molar-refractivity contribution in [3.8, 4) is 5.75 Å². The third kappa shape index (κ3) is 2.69. The lowest BCUT2D eigenvalue weighted by atomic mass is 10.1. The zero-order valence-electron chi connectivity index (χ0n) is 8.39. The Kier molecular flexibility index (Phi) is 3.64. The highest BCUT2D eigenvalue weighted by Crippen LogP contribution is 2.39. The zero-order valence-corrected chi connectivity index (χ0v) is 8.39. The lowest BCUT2D eigenvalue weighted by molar-refractivity contribution is -0.143. The molecule has 0 aliphatic rings. The third-order valence-corrected chi connectivity index (χ3v) is 1.87. The van der Waals surface area contributed by atoms with Crippen molar-refractivity contribution in [3.05, 3.63) is 23.0 Å². The van der Waals surface area contributed by atoms with Gasteiger partial charge in [0.1, 0.15) is 11.4 Å². The molecule has 0 fully saturated rings. The molecular formula is C9H6F5NO2. The summed E-state index contributed by atoms with van der Waals surface area (Å²) < 4.78 is 66.9. The van der Waals surface area contributed by atoms with Crippen molar-refractivity contribution in [3.63, 3.8) is 0 Å². The molecule has 0 N–H and O–H groups in total. The Morgan fingerprint density at radius 3 is 2.35 bits per heavy atom. The van der Waals surface area contributed by atoms with E-state index in [0.717, 1.165) is 13.2 Å². The normalized spacial score (nSPS) is 11.7. The predicted molar refractivity (Wildman–Crippen MR) is 46.1 cm³/mol. The van der Waals surface area contributed by atoms with E-state index in [1.807, 2.05) is 0 Å². The molecule has 0 radical (unpaired) electrons. The molecule has 1 aromatic heterocycles. The maximum atomic E-state index is 12.5. The van der Waals surface area contributed by atoms with Crippen LogP contribution in [-0.2, 0) is 6.18 Å². The van der Waals surface area contributed by atoms with Crippen LogP contribution in [0.5, 0.6) is 5.75 Å². The summed E-state index contributed by atoms with van der Waals surface area (Å²) in [6.07, 6.45) is -8.47. The van der Waals surface area contributed by atoms with Gasteiger partial charge in [0, 0.05) is 6.07 Å². The zero-order chi connectivity index (χ0) is 13.2. The number of methoxy groups -OCH3 is 1. The highest BCUT2D eigenvalue weighted by molar-refractivity contribution is 5.73. The smallest absolute Gasteiger partial charge is 0.433 e. The molecule has 0 unspecified atom stereocenters. The molecule has 0 bridgehead atoms. The maximum absolute atomic E-state index is 12.5. The summed E-state index contributed by atoms with van der Waals surface area (Å²) in [6.45, 7) is 0. The number of alkyl halides is 5. The van der Waals surface area contributed by atoms with E-state index in [0.29, 0.717) is 0 Å². The van der Waals surface area contributed by atoms with E-state index in [1.54, 1.807) is 0 Å². The molecule has 0 saturated carbocycles.